The number of hydrogen-bond acceptors (Lipinski definition) is 4. The predicted molar refractivity (Wildman–Crippen MR) is 91.3 cm³/mol. The molecule has 2 aromatic rings. The van der Waals surface area contributed by atoms with E-state index in [1.165, 1.54) is 0 Å². The van der Waals surface area contributed by atoms with Gasteiger partial charge in [-0.25, -0.2) is 4.79 Å². The van der Waals surface area contributed by atoms with Crippen LogP contribution in [0.2, 0.25) is 0 Å². The molecule has 7 heteroatoms. The molecule has 2 rings (SSSR count). The molecular formula is C17H24N4O3. The van der Waals surface area contributed by atoms with Crippen LogP contribution >= 0.6 is 0 Å². The van der Waals surface area contributed by atoms with Gasteiger partial charge in [0.2, 0.25) is 0 Å². The summed E-state index contributed by atoms with van der Waals surface area (Å²) in [5, 5.41) is 9.95. The summed E-state index contributed by atoms with van der Waals surface area (Å²) in [6, 6.07) is 7.01. The van der Waals surface area contributed by atoms with Crippen LogP contribution < -0.4 is 20.1 Å². The summed E-state index contributed by atoms with van der Waals surface area (Å²) in [4.78, 5) is 12.1. The zero-order chi connectivity index (χ0) is 17.5. The minimum absolute atomic E-state index is 0.0393. The van der Waals surface area contributed by atoms with Crippen LogP contribution in [-0.4, -0.2) is 36.1 Å². The normalized spacial score (nSPS) is 13.0. The van der Waals surface area contributed by atoms with Gasteiger partial charge in [0.15, 0.2) is 11.5 Å². The van der Waals surface area contributed by atoms with Crippen LogP contribution in [0, 0.1) is 0 Å². The fraction of sp³-hybridized carbons (Fsp3) is 0.412. The zero-order valence-electron chi connectivity index (χ0n) is 14.4. The monoisotopic (exact) mass is 332 g/mol. The molecule has 1 aromatic heterocycles. The van der Waals surface area contributed by atoms with E-state index in [4.69, 9.17) is 9.47 Å². The maximum absolute atomic E-state index is 12.1. The van der Waals surface area contributed by atoms with E-state index in [1.807, 2.05) is 44.3 Å². The number of nitrogens with zero attached hydrogens (tertiary/aromatic N) is 2. The Kier molecular flexibility index (Phi) is 6.06. The number of nitrogens with one attached hydrogen (secondary N) is 2. The van der Waals surface area contributed by atoms with Crippen LogP contribution in [0.3, 0.4) is 0 Å². The standard InChI is InChI=1S/C17H24N4O3/c1-12(11-21-9-5-8-18-21)19-17(22)20-13(2)14-6-7-15(23-3)16(10-14)24-4/h5-10,12-13H,11H2,1-4H3,(H2,19,20,22). The van der Waals surface area contributed by atoms with Crippen LogP contribution in [0.15, 0.2) is 36.7 Å². The first-order chi connectivity index (χ1) is 11.5. The Labute approximate surface area is 142 Å². The average Bonchev–Trinajstić information content (AvgIpc) is 3.06. The van der Waals surface area contributed by atoms with Crippen molar-refractivity contribution in [2.24, 2.45) is 0 Å². The molecule has 0 saturated heterocycles. The molecular weight excluding hydrogens is 308 g/mol. The molecule has 2 atom stereocenters. The second-order valence-corrected chi connectivity index (χ2v) is 5.58. The number of urea groups is 1. The molecule has 0 aliphatic carbocycles. The molecule has 1 aromatic carbocycles. The Morgan fingerprint density at radius 1 is 1.21 bits per heavy atom. The minimum atomic E-state index is -0.225. The maximum atomic E-state index is 12.1. The van der Waals surface area contributed by atoms with E-state index in [2.05, 4.69) is 15.7 Å². The van der Waals surface area contributed by atoms with Gasteiger partial charge in [-0.2, -0.15) is 5.10 Å². The van der Waals surface area contributed by atoms with E-state index in [-0.39, 0.29) is 18.1 Å². The number of benzene rings is 1. The average molecular weight is 332 g/mol. The molecule has 1 heterocycles. The summed E-state index contributed by atoms with van der Waals surface area (Å²) >= 11 is 0. The highest BCUT2D eigenvalue weighted by Gasteiger charge is 2.14. The fourth-order valence-electron chi connectivity index (χ4n) is 2.40. The molecule has 0 fully saturated rings. The van der Waals surface area contributed by atoms with Gasteiger partial charge in [-0.3, -0.25) is 4.68 Å². The molecule has 130 valence electrons. The first kappa shape index (κ1) is 17.7. The number of carbonyl (C=O) groups is 1. The summed E-state index contributed by atoms with van der Waals surface area (Å²) in [5.74, 6) is 1.29. The van der Waals surface area contributed by atoms with Gasteiger partial charge in [0.05, 0.1) is 26.8 Å². The lowest BCUT2D eigenvalue weighted by Gasteiger charge is -2.19. The second-order valence-electron chi connectivity index (χ2n) is 5.58. The predicted octanol–water partition coefficient (Wildman–Crippen LogP) is 2.35. The number of aromatic nitrogens is 2. The Hall–Kier alpha value is -2.70. The summed E-state index contributed by atoms with van der Waals surface area (Å²) in [7, 11) is 3.18. The highest BCUT2D eigenvalue weighted by molar-refractivity contribution is 5.74. The van der Waals surface area contributed by atoms with Gasteiger partial charge in [0, 0.05) is 18.4 Å². The smallest absolute Gasteiger partial charge is 0.315 e. The lowest BCUT2D eigenvalue weighted by Crippen LogP contribution is -2.43. The number of hydrogen-bond donors (Lipinski definition) is 2. The third kappa shape index (κ3) is 4.65. The summed E-state index contributed by atoms with van der Waals surface area (Å²) in [6.07, 6.45) is 3.58. The van der Waals surface area contributed by atoms with Gasteiger partial charge in [-0.05, 0) is 37.6 Å². The minimum Gasteiger partial charge on any atom is -0.493 e. The molecule has 0 aliphatic heterocycles. The fourth-order valence-corrected chi connectivity index (χ4v) is 2.40. The van der Waals surface area contributed by atoms with Gasteiger partial charge >= 0.3 is 6.03 Å². The number of rotatable bonds is 7. The Morgan fingerprint density at radius 3 is 2.58 bits per heavy atom. The van der Waals surface area contributed by atoms with Crippen LogP contribution in [-0.2, 0) is 6.54 Å². The van der Waals surface area contributed by atoms with E-state index in [1.54, 1.807) is 25.1 Å². The topological polar surface area (TPSA) is 77.4 Å². The summed E-state index contributed by atoms with van der Waals surface area (Å²) < 4.78 is 12.3. The third-order valence-corrected chi connectivity index (χ3v) is 3.65. The van der Waals surface area contributed by atoms with E-state index in [0.29, 0.717) is 18.0 Å². The maximum Gasteiger partial charge on any atom is 0.315 e. The van der Waals surface area contributed by atoms with Crippen molar-refractivity contribution in [1.82, 2.24) is 20.4 Å². The third-order valence-electron chi connectivity index (χ3n) is 3.65. The highest BCUT2D eigenvalue weighted by Crippen LogP contribution is 2.29. The van der Waals surface area contributed by atoms with Crippen molar-refractivity contribution in [1.29, 1.82) is 0 Å². The van der Waals surface area contributed by atoms with Crippen molar-refractivity contribution in [3.63, 3.8) is 0 Å². The Morgan fingerprint density at radius 2 is 1.96 bits per heavy atom. The lowest BCUT2D eigenvalue weighted by molar-refractivity contribution is 0.233. The molecule has 7 nitrogen and oxygen atoms in total. The van der Waals surface area contributed by atoms with Gasteiger partial charge in [-0.15, -0.1) is 0 Å². The molecule has 0 spiro atoms. The van der Waals surface area contributed by atoms with E-state index >= 15 is 0 Å². The molecule has 24 heavy (non-hydrogen) atoms. The quantitative estimate of drug-likeness (QED) is 0.816. The number of amides is 2. The van der Waals surface area contributed by atoms with Crippen LogP contribution in [0.1, 0.15) is 25.5 Å². The summed E-state index contributed by atoms with van der Waals surface area (Å²) in [5.41, 5.74) is 0.933. The van der Waals surface area contributed by atoms with Crippen molar-refractivity contribution in [3.8, 4) is 11.5 Å². The van der Waals surface area contributed by atoms with Crippen molar-refractivity contribution in [2.75, 3.05) is 14.2 Å². The van der Waals surface area contributed by atoms with Gasteiger partial charge < -0.3 is 20.1 Å². The number of ether oxygens (including phenoxy) is 2. The molecule has 0 aliphatic rings. The van der Waals surface area contributed by atoms with E-state index < -0.39 is 0 Å². The summed E-state index contributed by atoms with van der Waals surface area (Å²) in [6.45, 7) is 4.46. The molecule has 0 saturated carbocycles. The van der Waals surface area contributed by atoms with Gasteiger partial charge in [-0.1, -0.05) is 6.07 Å². The van der Waals surface area contributed by atoms with Crippen LogP contribution in [0.5, 0.6) is 11.5 Å². The van der Waals surface area contributed by atoms with Gasteiger partial charge in [0.1, 0.15) is 0 Å². The largest absolute Gasteiger partial charge is 0.493 e. The highest BCUT2D eigenvalue weighted by atomic mass is 16.5. The van der Waals surface area contributed by atoms with E-state index in [0.717, 1.165) is 5.56 Å². The first-order valence-corrected chi connectivity index (χ1v) is 7.80. The lowest BCUT2D eigenvalue weighted by atomic mass is 10.1. The van der Waals surface area contributed by atoms with Crippen LogP contribution in [0.4, 0.5) is 4.79 Å². The molecule has 0 bridgehead atoms. The van der Waals surface area contributed by atoms with Crippen molar-refractivity contribution in [3.05, 3.63) is 42.2 Å². The zero-order valence-corrected chi connectivity index (χ0v) is 14.4. The van der Waals surface area contributed by atoms with Crippen molar-refractivity contribution < 1.29 is 14.3 Å². The first-order valence-electron chi connectivity index (χ1n) is 7.80. The SMILES string of the molecule is COc1ccc(C(C)NC(=O)NC(C)Cn2cccn2)cc1OC. The Balaban J connectivity index is 1.91. The molecule has 2 amide bonds. The van der Waals surface area contributed by atoms with Gasteiger partial charge in [0.25, 0.3) is 0 Å². The van der Waals surface area contributed by atoms with Crippen molar-refractivity contribution >= 4 is 6.03 Å². The second kappa shape index (κ2) is 8.24. The number of carbonyl (C=O) groups excluding carboxylic acids is 1. The molecule has 2 N–H and O–H groups in total. The Bertz CT molecular complexity index is 658. The van der Waals surface area contributed by atoms with E-state index in [9.17, 15) is 4.79 Å². The van der Waals surface area contributed by atoms with Crippen molar-refractivity contribution in [2.45, 2.75) is 32.5 Å². The van der Waals surface area contributed by atoms with Crippen LogP contribution in [0.25, 0.3) is 0 Å². The number of methoxy groups -OCH3 is 2. The molecule has 0 radical (unpaired) electrons. The molecule has 2 unspecified atom stereocenters.